The van der Waals surface area contributed by atoms with E-state index in [1.807, 2.05) is 6.92 Å². The Morgan fingerprint density at radius 1 is 1.44 bits per heavy atom. The predicted molar refractivity (Wildman–Crippen MR) is 62.9 cm³/mol. The normalized spacial score (nSPS) is 32.0. The summed E-state index contributed by atoms with van der Waals surface area (Å²) in [5.74, 6) is -0.403. The van der Waals surface area contributed by atoms with Crippen molar-refractivity contribution in [3.63, 3.8) is 0 Å². The molecule has 104 valence electrons. The van der Waals surface area contributed by atoms with Gasteiger partial charge in [0, 0.05) is 7.11 Å². The maximum absolute atomic E-state index is 11.3. The van der Waals surface area contributed by atoms with Crippen LogP contribution in [0.15, 0.2) is 12.2 Å². The van der Waals surface area contributed by atoms with Gasteiger partial charge >= 0.3 is 5.97 Å². The Labute approximate surface area is 106 Å². The van der Waals surface area contributed by atoms with Gasteiger partial charge in [-0.1, -0.05) is 12.2 Å². The molecule has 1 heterocycles. The minimum atomic E-state index is -0.828. The fraction of sp³-hybridized carbons (Fsp3) is 0.750. The SMILES string of the molecule is C/C=C/[C@H]1O[C@H](CC(=O)OC)[C@H](OCOC)[C@H]1O. The lowest BCUT2D eigenvalue weighted by Gasteiger charge is -2.19. The number of carbonyl (C=O) groups excluding carboxylic acids is 1. The first-order valence-corrected chi connectivity index (χ1v) is 5.77. The number of hydrogen-bond donors (Lipinski definition) is 1. The van der Waals surface area contributed by atoms with Crippen molar-refractivity contribution >= 4 is 5.97 Å². The van der Waals surface area contributed by atoms with Crippen LogP contribution in [0.1, 0.15) is 13.3 Å². The highest BCUT2D eigenvalue weighted by Gasteiger charge is 2.44. The van der Waals surface area contributed by atoms with Crippen LogP contribution >= 0.6 is 0 Å². The number of methoxy groups -OCH3 is 2. The molecule has 4 atom stereocenters. The number of carbonyl (C=O) groups is 1. The second-order valence-corrected chi connectivity index (χ2v) is 3.97. The Balaban J connectivity index is 2.68. The van der Waals surface area contributed by atoms with E-state index >= 15 is 0 Å². The Kier molecular flexibility index (Phi) is 6.28. The highest BCUT2D eigenvalue weighted by molar-refractivity contribution is 5.70. The maximum Gasteiger partial charge on any atom is 0.308 e. The molecule has 0 amide bonds. The highest BCUT2D eigenvalue weighted by atomic mass is 16.7. The second-order valence-electron chi connectivity index (χ2n) is 3.97. The van der Waals surface area contributed by atoms with Crippen LogP contribution < -0.4 is 0 Å². The van der Waals surface area contributed by atoms with E-state index in [1.165, 1.54) is 14.2 Å². The molecule has 0 unspecified atom stereocenters. The first kappa shape index (κ1) is 15.1. The lowest BCUT2D eigenvalue weighted by molar-refractivity contribution is -0.148. The van der Waals surface area contributed by atoms with E-state index in [2.05, 4.69) is 4.74 Å². The van der Waals surface area contributed by atoms with E-state index in [4.69, 9.17) is 14.2 Å². The largest absolute Gasteiger partial charge is 0.469 e. The molecule has 18 heavy (non-hydrogen) atoms. The summed E-state index contributed by atoms with van der Waals surface area (Å²) in [7, 11) is 2.79. The Bertz CT molecular complexity index is 290. The van der Waals surface area contributed by atoms with Gasteiger partial charge in [-0.3, -0.25) is 4.79 Å². The van der Waals surface area contributed by atoms with Gasteiger partial charge in [0.05, 0.1) is 19.6 Å². The minimum absolute atomic E-state index is 0.0331. The molecule has 0 aromatic heterocycles. The Morgan fingerprint density at radius 2 is 2.17 bits per heavy atom. The predicted octanol–water partition coefficient (Wildman–Crippen LogP) is 0.243. The molecule has 6 nitrogen and oxygen atoms in total. The molecule has 1 fully saturated rings. The molecule has 1 N–H and O–H groups in total. The third-order valence-corrected chi connectivity index (χ3v) is 2.73. The van der Waals surface area contributed by atoms with Crippen LogP contribution in [0, 0.1) is 0 Å². The van der Waals surface area contributed by atoms with Crippen molar-refractivity contribution in [1.29, 1.82) is 0 Å². The zero-order valence-corrected chi connectivity index (χ0v) is 10.9. The Hall–Kier alpha value is -0.950. The number of rotatable bonds is 6. The van der Waals surface area contributed by atoms with E-state index in [0.717, 1.165) is 0 Å². The number of ether oxygens (including phenoxy) is 4. The molecular weight excluding hydrogens is 240 g/mol. The van der Waals surface area contributed by atoms with Crippen LogP contribution in [0.3, 0.4) is 0 Å². The van der Waals surface area contributed by atoms with Crippen LogP contribution in [0.4, 0.5) is 0 Å². The standard InChI is InChI=1S/C12H20O6/c1-4-5-8-11(14)12(17-7-15-2)9(18-8)6-10(13)16-3/h4-5,8-9,11-12,14H,6-7H2,1-3H3/b5-4+/t8-,9-,11+,12+/m1/s1. The van der Waals surface area contributed by atoms with E-state index < -0.39 is 30.4 Å². The molecule has 0 aromatic carbocycles. The second kappa shape index (κ2) is 7.48. The number of esters is 1. The van der Waals surface area contributed by atoms with Crippen LogP contribution in [0.25, 0.3) is 0 Å². The summed E-state index contributed by atoms with van der Waals surface area (Å²) in [6.45, 7) is 1.86. The summed E-state index contributed by atoms with van der Waals surface area (Å²) in [6.07, 6.45) is 1.09. The molecule has 0 radical (unpaired) electrons. The van der Waals surface area contributed by atoms with Crippen LogP contribution in [-0.4, -0.2) is 56.5 Å². The first-order valence-electron chi connectivity index (χ1n) is 5.77. The van der Waals surface area contributed by atoms with Crippen molar-refractivity contribution < 1.29 is 28.8 Å². The van der Waals surface area contributed by atoms with Gasteiger partial charge in [0.25, 0.3) is 0 Å². The molecule has 1 aliphatic heterocycles. The fourth-order valence-electron chi connectivity index (χ4n) is 1.88. The van der Waals surface area contributed by atoms with Gasteiger partial charge in [-0.2, -0.15) is 0 Å². The number of allylic oxidation sites excluding steroid dienone is 1. The van der Waals surface area contributed by atoms with Crippen LogP contribution in [0.2, 0.25) is 0 Å². The first-order chi connectivity index (χ1) is 8.63. The summed E-state index contributed by atoms with van der Waals surface area (Å²) in [5.41, 5.74) is 0. The van der Waals surface area contributed by atoms with Gasteiger partial charge in [-0.25, -0.2) is 0 Å². The summed E-state index contributed by atoms with van der Waals surface area (Å²) in [4.78, 5) is 11.3. The number of aliphatic hydroxyl groups is 1. The van der Waals surface area contributed by atoms with Gasteiger partial charge in [-0.15, -0.1) is 0 Å². The zero-order valence-electron chi connectivity index (χ0n) is 10.9. The molecule has 0 aliphatic carbocycles. The molecule has 1 rings (SSSR count). The van der Waals surface area contributed by atoms with Crippen molar-refractivity contribution in [2.75, 3.05) is 21.0 Å². The minimum Gasteiger partial charge on any atom is -0.469 e. The number of hydrogen-bond acceptors (Lipinski definition) is 6. The monoisotopic (exact) mass is 260 g/mol. The Morgan fingerprint density at radius 3 is 2.72 bits per heavy atom. The molecule has 0 bridgehead atoms. The molecule has 0 spiro atoms. The fourth-order valence-corrected chi connectivity index (χ4v) is 1.88. The van der Waals surface area contributed by atoms with Crippen LogP contribution in [0.5, 0.6) is 0 Å². The van der Waals surface area contributed by atoms with Gasteiger partial charge in [0.2, 0.25) is 0 Å². The van der Waals surface area contributed by atoms with Crippen molar-refractivity contribution in [3.8, 4) is 0 Å². The molecule has 0 aromatic rings. The van der Waals surface area contributed by atoms with Crippen molar-refractivity contribution in [1.82, 2.24) is 0 Å². The van der Waals surface area contributed by atoms with Crippen molar-refractivity contribution in [3.05, 3.63) is 12.2 Å². The average molecular weight is 260 g/mol. The van der Waals surface area contributed by atoms with Gasteiger partial charge in [0.15, 0.2) is 0 Å². The van der Waals surface area contributed by atoms with Crippen LogP contribution in [-0.2, 0) is 23.7 Å². The summed E-state index contributed by atoms with van der Waals surface area (Å²) in [6, 6.07) is 0. The zero-order chi connectivity index (χ0) is 13.5. The van der Waals surface area contributed by atoms with E-state index in [-0.39, 0.29) is 13.2 Å². The molecule has 1 aliphatic rings. The quantitative estimate of drug-likeness (QED) is 0.419. The lowest BCUT2D eigenvalue weighted by Crippen LogP contribution is -2.36. The lowest BCUT2D eigenvalue weighted by atomic mass is 10.1. The topological polar surface area (TPSA) is 74.2 Å². The summed E-state index contributed by atoms with van der Waals surface area (Å²) < 4.78 is 20.3. The van der Waals surface area contributed by atoms with Crippen molar-refractivity contribution in [2.24, 2.45) is 0 Å². The van der Waals surface area contributed by atoms with Gasteiger partial charge in [0.1, 0.15) is 25.1 Å². The smallest absolute Gasteiger partial charge is 0.308 e. The highest BCUT2D eigenvalue weighted by Crippen LogP contribution is 2.27. The van der Waals surface area contributed by atoms with Gasteiger partial charge in [-0.05, 0) is 6.92 Å². The van der Waals surface area contributed by atoms with E-state index in [9.17, 15) is 9.90 Å². The summed E-state index contributed by atoms with van der Waals surface area (Å²) >= 11 is 0. The molecule has 6 heteroatoms. The molecule has 0 saturated carbocycles. The van der Waals surface area contributed by atoms with Crippen molar-refractivity contribution in [2.45, 2.75) is 37.8 Å². The van der Waals surface area contributed by atoms with Gasteiger partial charge < -0.3 is 24.1 Å². The van der Waals surface area contributed by atoms with E-state index in [0.29, 0.717) is 0 Å². The molecular formula is C12H20O6. The van der Waals surface area contributed by atoms with E-state index in [1.54, 1.807) is 12.2 Å². The third kappa shape index (κ3) is 3.78. The third-order valence-electron chi connectivity index (χ3n) is 2.73. The number of aliphatic hydroxyl groups excluding tert-OH is 1. The molecule has 1 saturated heterocycles. The average Bonchev–Trinajstić information content (AvgIpc) is 2.64. The summed E-state index contributed by atoms with van der Waals surface area (Å²) in [5, 5.41) is 10.1. The maximum atomic E-state index is 11.3.